The number of hydrogen-bond donors (Lipinski definition) is 3. The van der Waals surface area contributed by atoms with E-state index in [-0.39, 0.29) is 0 Å². The zero-order valence-electron chi connectivity index (χ0n) is 13.0. The average Bonchev–Trinajstić information content (AvgIpc) is 2.99. The summed E-state index contributed by atoms with van der Waals surface area (Å²) in [6.45, 7) is 2.72. The Morgan fingerprint density at radius 1 is 1.17 bits per heavy atom. The fourth-order valence-corrected chi connectivity index (χ4v) is 2.43. The molecule has 0 fully saturated rings. The van der Waals surface area contributed by atoms with Crippen LogP contribution in [0.4, 0.5) is 0 Å². The summed E-state index contributed by atoms with van der Waals surface area (Å²) in [4.78, 5) is 7.83. The van der Waals surface area contributed by atoms with Crippen molar-refractivity contribution in [1.82, 2.24) is 9.97 Å². The molecule has 0 radical (unpaired) electrons. The summed E-state index contributed by atoms with van der Waals surface area (Å²) in [5.74, 6) is 1.34. The first kappa shape index (κ1) is 15.6. The number of aromatic nitrogens is 2. The van der Waals surface area contributed by atoms with Gasteiger partial charge in [0.2, 0.25) is 0 Å². The molecule has 6 heteroatoms. The molecule has 0 saturated heterocycles. The Balaban J connectivity index is 2.04. The van der Waals surface area contributed by atoms with Gasteiger partial charge in [-0.3, -0.25) is 0 Å². The molecule has 0 amide bonds. The smallest absolute Gasteiger partial charge is 0.488 e. The van der Waals surface area contributed by atoms with E-state index in [9.17, 15) is 10.0 Å². The molecular formula is C17H19BN2O3. The van der Waals surface area contributed by atoms with Crippen LogP contribution in [0.3, 0.4) is 0 Å². The van der Waals surface area contributed by atoms with Crippen LogP contribution < -0.4 is 10.2 Å². The van der Waals surface area contributed by atoms with Crippen LogP contribution in [0.25, 0.3) is 22.4 Å². The topological polar surface area (TPSA) is 78.4 Å². The lowest BCUT2D eigenvalue weighted by Crippen LogP contribution is -2.29. The number of imidazole rings is 1. The van der Waals surface area contributed by atoms with Gasteiger partial charge in [-0.15, -0.1) is 0 Å². The van der Waals surface area contributed by atoms with Crippen molar-refractivity contribution in [3.8, 4) is 17.1 Å². The van der Waals surface area contributed by atoms with Crippen molar-refractivity contribution in [3.63, 3.8) is 0 Å². The fourth-order valence-electron chi connectivity index (χ4n) is 2.43. The summed E-state index contributed by atoms with van der Waals surface area (Å²) in [6.07, 6.45) is 2.01. The molecule has 3 aromatic rings. The van der Waals surface area contributed by atoms with E-state index in [1.807, 2.05) is 24.3 Å². The minimum atomic E-state index is -1.53. The van der Waals surface area contributed by atoms with Gasteiger partial charge in [-0.1, -0.05) is 31.5 Å². The summed E-state index contributed by atoms with van der Waals surface area (Å²) >= 11 is 0. The predicted octanol–water partition coefficient (Wildman–Crippen LogP) is 2.09. The number of ether oxygens (including phenoxy) is 1. The number of nitrogens with zero attached hydrogens (tertiary/aromatic N) is 1. The molecule has 0 spiro atoms. The second-order valence-corrected chi connectivity index (χ2v) is 5.43. The quantitative estimate of drug-likeness (QED) is 0.481. The fraction of sp³-hybridized carbons (Fsp3) is 0.235. The molecule has 23 heavy (non-hydrogen) atoms. The average molecular weight is 310 g/mol. The van der Waals surface area contributed by atoms with Crippen molar-refractivity contribution < 1.29 is 14.8 Å². The SMILES string of the molecule is CCCCOc1ccc(B(O)O)cc1-c1nc2ccccc2[nH]1. The zero-order chi connectivity index (χ0) is 16.2. The first-order valence-corrected chi connectivity index (χ1v) is 7.77. The Hall–Kier alpha value is -2.31. The van der Waals surface area contributed by atoms with Gasteiger partial charge < -0.3 is 19.8 Å². The van der Waals surface area contributed by atoms with E-state index in [4.69, 9.17) is 4.74 Å². The first-order valence-electron chi connectivity index (χ1n) is 7.77. The lowest BCUT2D eigenvalue weighted by molar-refractivity contribution is 0.310. The molecule has 0 saturated carbocycles. The minimum absolute atomic E-state index is 0.406. The standard InChI is InChI=1S/C17H19BN2O3/c1-2-3-10-23-16-9-8-12(18(21)22)11-13(16)17-19-14-6-4-5-7-15(14)20-17/h4-9,11,21-22H,2-3,10H2,1H3,(H,19,20). The van der Waals surface area contributed by atoms with E-state index in [1.165, 1.54) is 0 Å². The minimum Gasteiger partial charge on any atom is -0.493 e. The Morgan fingerprint density at radius 3 is 2.74 bits per heavy atom. The van der Waals surface area contributed by atoms with Gasteiger partial charge in [-0.2, -0.15) is 0 Å². The molecular weight excluding hydrogens is 291 g/mol. The molecule has 3 rings (SSSR count). The van der Waals surface area contributed by atoms with Crippen molar-refractivity contribution in [1.29, 1.82) is 0 Å². The van der Waals surface area contributed by atoms with Crippen LogP contribution in [0, 0.1) is 0 Å². The third-order valence-electron chi connectivity index (χ3n) is 3.70. The highest BCUT2D eigenvalue weighted by Gasteiger charge is 2.17. The van der Waals surface area contributed by atoms with Crippen molar-refractivity contribution in [2.24, 2.45) is 0 Å². The van der Waals surface area contributed by atoms with Crippen LogP contribution in [-0.2, 0) is 0 Å². The Labute approximate surface area is 135 Å². The third kappa shape index (κ3) is 3.38. The van der Waals surface area contributed by atoms with Crippen LogP contribution in [0.5, 0.6) is 5.75 Å². The van der Waals surface area contributed by atoms with Crippen molar-refractivity contribution in [2.75, 3.05) is 6.61 Å². The number of rotatable bonds is 6. The number of aromatic amines is 1. The maximum Gasteiger partial charge on any atom is 0.488 e. The van der Waals surface area contributed by atoms with Gasteiger partial charge in [0, 0.05) is 0 Å². The molecule has 0 aliphatic rings. The van der Waals surface area contributed by atoms with Crippen LogP contribution in [0.2, 0.25) is 0 Å². The molecule has 2 aromatic carbocycles. The van der Waals surface area contributed by atoms with E-state index in [2.05, 4.69) is 16.9 Å². The molecule has 1 heterocycles. The highest BCUT2D eigenvalue weighted by Crippen LogP contribution is 2.29. The van der Waals surface area contributed by atoms with Gasteiger partial charge >= 0.3 is 7.12 Å². The molecule has 118 valence electrons. The van der Waals surface area contributed by atoms with Gasteiger partial charge in [-0.25, -0.2) is 4.98 Å². The van der Waals surface area contributed by atoms with E-state index < -0.39 is 7.12 Å². The Kier molecular flexibility index (Phi) is 4.64. The predicted molar refractivity (Wildman–Crippen MR) is 91.8 cm³/mol. The van der Waals surface area contributed by atoms with Gasteiger partial charge in [0.05, 0.1) is 23.2 Å². The number of H-pyrrole nitrogens is 1. The lowest BCUT2D eigenvalue weighted by Gasteiger charge is -2.11. The molecule has 1 aromatic heterocycles. The highest BCUT2D eigenvalue weighted by molar-refractivity contribution is 6.58. The van der Waals surface area contributed by atoms with E-state index in [0.29, 0.717) is 23.6 Å². The zero-order valence-corrected chi connectivity index (χ0v) is 13.0. The van der Waals surface area contributed by atoms with E-state index in [1.54, 1.807) is 18.2 Å². The van der Waals surface area contributed by atoms with Gasteiger partial charge in [-0.05, 0) is 36.1 Å². The molecule has 3 N–H and O–H groups in total. The lowest BCUT2D eigenvalue weighted by atomic mass is 9.79. The van der Waals surface area contributed by atoms with Crippen molar-refractivity contribution in [2.45, 2.75) is 19.8 Å². The number of para-hydroxylation sites is 2. The summed E-state index contributed by atoms with van der Waals surface area (Å²) in [5.41, 5.74) is 2.92. The molecule has 0 aliphatic heterocycles. The molecule has 0 bridgehead atoms. The Bertz CT molecular complexity index is 768. The summed E-state index contributed by atoms with van der Waals surface area (Å²) in [5, 5.41) is 18.8. The number of nitrogens with one attached hydrogen (secondary N) is 1. The second kappa shape index (κ2) is 6.85. The highest BCUT2D eigenvalue weighted by atomic mass is 16.5. The maximum atomic E-state index is 9.42. The third-order valence-corrected chi connectivity index (χ3v) is 3.70. The second-order valence-electron chi connectivity index (χ2n) is 5.43. The monoisotopic (exact) mass is 310 g/mol. The van der Waals surface area contributed by atoms with Crippen LogP contribution >= 0.6 is 0 Å². The van der Waals surface area contributed by atoms with E-state index in [0.717, 1.165) is 29.4 Å². The number of fused-ring (bicyclic) bond motifs is 1. The van der Waals surface area contributed by atoms with Gasteiger partial charge in [0.15, 0.2) is 0 Å². The molecule has 0 atom stereocenters. The normalized spacial score (nSPS) is 10.9. The number of benzene rings is 2. The largest absolute Gasteiger partial charge is 0.493 e. The first-order chi connectivity index (χ1) is 11.2. The van der Waals surface area contributed by atoms with Crippen molar-refractivity contribution >= 4 is 23.6 Å². The number of unbranched alkanes of at least 4 members (excludes halogenated alkanes) is 1. The van der Waals surface area contributed by atoms with Gasteiger partial charge in [0.25, 0.3) is 0 Å². The van der Waals surface area contributed by atoms with Crippen LogP contribution in [-0.4, -0.2) is 33.7 Å². The van der Waals surface area contributed by atoms with Crippen LogP contribution in [0.15, 0.2) is 42.5 Å². The maximum absolute atomic E-state index is 9.42. The summed E-state index contributed by atoms with van der Waals surface area (Å²) in [6, 6.07) is 12.9. The summed E-state index contributed by atoms with van der Waals surface area (Å²) < 4.78 is 5.84. The van der Waals surface area contributed by atoms with Crippen LogP contribution in [0.1, 0.15) is 19.8 Å². The van der Waals surface area contributed by atoms with E-state index >= 15 is 0 Å². The molecule has 5 nitrogen and oxygen atoms in total. The Morgan fingerprint density at radius 2 is 2.00 bits per heavy atom. The molecule has 0 unspecified atom stereocenters. The van der Waals surface area contributed by atoms with Gasteiger partial charge in [0.1, 0.15) is 11.6 Å². The van der Waals surface area contributed by atoms with Crippen molar-refractivity contribution in [3.05, 3.63) is 42.5 Å². The molecule has 0 aliphatic carbocycles. The number of hydrogen-bond acceptors (Lipinski definition) is 4. The summed E-state index contributed by atoms with van der Waals surface area (Å²) in [7, 11) is -1.53.